The Labute approximate surface area is 263 Å². The molecule has 9 heteroatoms. The van der Waals surface area contributed by atoms with Crippen LogP contribution in [0.1, 0.15) is 71.3 Å². The fourth-order valence-electron chi connectivity index (χ4n) is 10.2. The minimum atomic E-state index is -4.87. The number of carbonyl (C=O) groups excluding carboxylic acids is 2. The van der Waals surface area contributed by atoms with Crippen molar-refractivity contribution in [2.24, 2.45) is 29.1 Å². The highest BCUT2D eigenvalue weighted by atomic mass is 19.4. The number of quaternary nitrogens is 1. The summed E-state index contributed by atoms with van der Waals surface area (Å²) < 4.78 is 57.1. The second kappa shape index (κ2) is 10.8. The Hall–Kier alpha value is -2.91. The SMILES string of the molecule is CC(=O)OC1=C2C[C@@H]3[C@@H]4CCCC5OC(NC(=O)C(=Cc6ccccc6)C(F)(F)F)(C=C1)C2[C@@]54CC[N+]3(CC(C)C)CC1CC1. The molecule has 6 nitrogen and oxygen atoms in total. The lowest BCUT2D eigenvalue weighted by atomic mass is 9.46. The minimum Gasteiger partial charge on any atom is -0.427 e. The lowest BCUT2D eigenvalue weighted by molar-refractivity contribution is -0.968. The Kier molecular flexibility index (Phi) is 7.40. The van der Waals surface area contributed by atoms with E-state index >= 15 is 0 Å². The van der Waals surface area contributed by atoms with Crippen LogP contribution < -0.4 is 5.32 Å². The van der Waals surface area contributed by atoms with E-state index in [-0.39, 0.29) is 17.1 Å². The standard InChI is InChI=1S/C36H43F3N2O4/c1-22(2)20-41(21-25-12-13-25)17-16-34-27-10-7-11-31(34)45-35(15-14-30(44-23(3)42)26(32(34)35)19-29(27)41)40-33(43)28(36(37,38)39)18-24-8-5-4-6-9-24/h4-6,8-9,14-15,18,22,25,27,29,31-32H,7,10-13,16-17,19-21H2,1-3H3/p+1/t27-,29+,31?,32?,34+,35?,41?/m0/s1. The predicted molar refractivity (Wildman–Crippen MR) is 163 cm³/mol. The zero-order chi connectivity index (χ0) is 31.8. The molecule has 2 aliphatic heterocycles. The summed E-state index contributed by atoms with van der Waals surface area (Å²) in [7, 11) is 0. The molecule has 45 heavy (non-hydrogen) atoms. The number of hydrogen-bond acceptors (Lipinski definition) is 4. The fourth-order valence-corrected chi connectivity index (χ4v) is 10.2. The van der Waals surface area contributed by atoms with Gasteiger partial charge in [0.15, 0.2) is 5.72 Å². The van der Waals surface area contributed by atoms with Crippen LogP contribution in [-0.4, -0.2) is 60.0 Å². The third-order valence-electron chi connectivity index (χ3n) is 11.6. The van der Waals surface area contributed by atoms with E-state index in [0.717, 1.165) is 67.4 Å². The highest BCUT2D eigenvalue weighted by Gasteiger charge is 2.76. The average Bonchev–Trinajstić information content (AvgIpc) is 3.73. The molecule has 4 unspecified atom stereocenters. The van der Waals surface area contributed by atoms with Crippen LogP contribution in [-0.2, 0) is 19.1 Å². The van der Waals surface area contributed by atoms with E-state index in [4.69, 9.17) is 9.47 Å². The van der Waals surface area contributed by atoms with E-state index in [9.17, 15) is 22.8 Å². The molecule has 2 heterocycles. The maximum Gasteiger partial charge on any atom is 0.421 e. The summed E-state index contributed by atoms with van der Waals surface area (Å²) in [6.07, 6.45) is 6.04. The summed E-state index contributed by atoms with van der Waals surface area (Å²) >= 11 is 0. The Morgan fingerprint density at radius 2 is 1.91 bits per heavy atom. The van der Waals surface area contributed by atoms with Gasteiger partial charge in [-0.25, -0.2) is 0 Å². The van der Waals surface area contributed by atoms with Crippen LogP contribution in [0.2, 0.25) is 0 Å². The molecule has 3 saturated carbocycles. The van der Waals surface area contributed by atoms with Crippen molar-refractivity contribution in [1.29, 1.82) is 0 Å². The molecule has 7 rings (SSSR count). The van der Waals surface area contributed by atoms with Crippen LogP contribution in [0.15, 0.2) is 59.4 Å². The maximum atomic E-state index is 14.4. The van der Waals surface area contributed by atoms with Gasteiger partial charge in [0, 0.05) is 48.9 Å². The Morgan fingerprint density at radius 3 is 2.58 bits per heavy atom. The third-order valence-corrected chi connectivity index (χ3v) is 11.6. The number of likely N-dealkylation sites (tertiary alicyclic amines) is 1. The number of nitrogens with zero attached hydrogens (tertiary/aromatic N) is 1. The number of alkyl halides is 3. The van der Waals surface area contributed by atoms with Gasteiger partial charge in [0.1, 0.15) is 11.3 Å². The van der Waals surface area contributed by atoms with Crippen LogP contribution in [0.25, 0.3) is 6.08 Å². The van der Waals surface area contributed by atoms with Gasteiger partial charge >= 0.3 is 12.1 Å². The number of hydrogen-bond donors (Lipinski definition) is 1. The molecule has 1 N–H and O–H groups in total. The van der Waals surface area contributed by atoms with Crippen LogP contribution in [0, 0.1) is 29.1 Å². The summed E-state index contributed by atoms with van der Waals surface area (Å²) in [5, 5.41) is 2.81. The number of piperidine rings is 1. The van der Waals surface area contributed by atoms with Crippen molar-refractivity contribution in [2.75, 3.05) is 19.6 Å². The number of esters is 1. The number of halogens is 3. The molecule has 0 aromatic heterocycles. The van der Waals surface area contributed by atoms with Crippen LogP contribution in [0.5, 0.6) is 0 Å². The van der Waals surface area contributed by atoms with E-state index in [1.807, 2.05) is 0 Å². The van der Waals surface area contributed by atoms with E-state index in [1.165, 1.54) is 19.8 Å². The average molecular weight is 626 g/mol. The lowest BCUT2D eigenvalue weighted by Gasteiger charge is -2.65. The van der Waals surface area contributed by atoms with Gasteiger partial charge in [0.05, 0.1) is 31.8 Å². The van der Waals surface area contributed by atoms with E-state index in [2.05, 4.69) is 19.2 Å². The number of ether oxygens (including phenoxy) is 2. The first-order chi connectivity index (χ1) is 21.4. The highest BCUT2D eigenvalue weighted by molar-refractivity contribution is 5.99. The largest absolute Gasteiger partial charge is 0.427 e. The Balaban J connectivity index is 1.33. The van der Waals surface area contributed by atoms with Gasteiger partial charge in [-0.1, -0.05) is 50.6 Å². The molecule has 2 bridgehead atoms. The second-order valence-corrected chi connectivity index (χ2v) is 14.9. The summed E-state index contributed by atoms with van der Waals surface area (Å²) in [6, 6.07) is 8.39. The van der Waals surface area contributed by atoms with Gasteiger partial charge in [-0.2, -0.15) is 13.2 Å². The molecule has 242 valence electrons. The van der Waals surface area contributed by atoms with Crippen molar-refractivity contribution < 1.29 is 36.7 Å². The summed E-state index contributed by atoms with van der Waals surface area (Å²) in [5.74, 6) is -0.0303. The molecule has 6 aliphatic rings. The molecule has 4 aliphatic carbocycles. The fraction of sp³-hybridized carbons (Fsp3) is 0.611. The molecule has 7 atom stereocenters. The molecular weight excluding hydrogens is 581 g/mol. The smallest absolute Gasteiger partial charge is 0.421 e. The number of allylic oxidation sites excluding steroid dienone is 1. The van der Waals surface area contributed by atoms with Gasteiger partial charge in [0.2, 0.25) is 0 Å². The van der Waals surface area contributed by atoms with Crippen molar-refractivity contribution >= 4 is 18.0 Å². The monoisotopic (exact) mass is 625 g/mol. The minimum absolute atomic E-state index is 0.213. The predicted octanol–water partition coefficient (Wildman–Crippen LogP) is 6.69. The molecule has 1 amide bonds. The van der Waals surface area contributed by atoms with Gasteiger partial charge < -0.3 is 19.3 Å². The van der Waals surface area contributed by atoms with Gasteiger partial charge in [-0.15, -0.1) is 0 Å². The first-order valence-corrected chi connectivity index (χ1v) is 16.7. The molecule has 1 aromatic carbocycles. The van der Waals surface area contributed by atoms with Gasteiger partial charge in [-0.05, 0) is 55.0 Å². The molecular formula is C36H44F3N2O4+. The van der Waals surface area contributed by atoms with Crippen LogP contribution in [0.3, 0.4) is 0 Å². The van der Waals surface area contributed by atoms with Crippen molar-refractivity contribution in [3.05, 3.63) is 65.0 Å². The van der Waals surface area contributed by atoms with Crippen molar-refractivity contribution in [3.8, 4) is 0 Å². The summed E-state index contributed by atoms with van der Waals surface area (Å²) in [5.41, 5.74) is -1.88. The number of benzene rings is 1. The molecule has 1 aromatic rings. The first-order valence-electron chi connectivity index (χ1n) is 16.7. The van der Waals surface area contributed by atoms with Crippen molar-refractivity contribution in [2.45, 2.75) is 89.8 Å². The van der Waals surface area contributed by atoms with Crippen LogP contribution in [0.4, 0.5) is 13.2 Å². The van der Waals surface area contributed by atoms with E-state index in [0.29, 0.717) is 30.1 Å². The number of amides is 1. The highest BCUT2D eigenvalue weighted by Crippen LogP contribution is 2.70. The van der Waals surface area contributed by atoms with E-state index in [1.54, 1.807) is 42.5 Å². The quantitative estimate of drug-likeness (QED) is 0.199. The summed E-state index contributed by atoms with van der Waals surface area (Å²) in [6.45, 7) is 9.19. The first kappa shape index (κ1) is 30.7. The number of nitrogens with one attached hydrogen (secondary N) is 1. The molecule has 1 spiro atoms. The second-order valence-electron chi connectivity index (χ2n) is 14.9. The van der Waals surface area contributed by atoms with E-state index < -0.39 is 35.3 Å². The van der Waals surface area contributed by atoms with Gasteiger partial charge in [-0.3, -0.25) is 9.59 Å². The maximum absolute atomic E-state index is 14.4. The third kappa shape index (κ3) is 5.09. The van der Waals surface area contributed by atoms with Crippen molar-refractivity contribution in [3.63, 3.8) is 0 Å². The number of carbonyl (C=O) groups is 2. The molecule has 5 fully saturated rings. The number of rotatable bonds is 8. The van der Waals surface area contributed by atoms with Gasteiger partial charge in [0.25, 0.3) is 5.91 Å². The summed E-state index contributed by atoms with van der Waals surface area (Å²) in [4.78, 5) is 26.1. The topological polar surface area (TPSA) is 64.6 Å². The lowest BCUT2D eigenvalue weighted by Crippen LogP contribution is -2.73. The molecule has 0 radical (unpaired) electrons. The zero-order valence-electron chi connectivity index (χ0n) is 26.4. The van der Waals surface area contributed by atoms with Crippen molar-refractivity contribution in [1.82, 2.24) is 5.32 Å². The molecule has 2 saturated heterocycles. The zero-order valence-corrected chi connectivity index (χ0v) is 26.4. The Bertz CT molecular complexity index is 1460. The Morgan fingerprint density at radius 1 is 1.16 bits per heavy atom. The normalized spacial score (nSPS) is 37.0. The van der Waals surface area contributed by atoms with Crippen LogP contribution >= 0.6 is 0 Å².